The van der Waals surface area contributed by atoms with E-state index in [1.165, 1.54) is 0 Å². The lowest BCUT2D eigenvalue weighted by molar-refractivity contribution is 0.362. The van der Waals surface area contributed by atoms with E-state index in [2.05, 4.69) is 38.8 Å². The predicted molar refractivity (Wildman–Crippen MR) is 61.5 cm³/mol. The Morgan fingerprint density at radius 2 is 2.21 bits per heavy atom. The molecule has 0 spiro atoms. The van der Waals surface area contributed by atoms with Gasteiger partial charge in [0.25, 0.3) is 0 Å². The maximum absolute atomic E-state index is 5.94. The molecular weight excluding hydrogens is 242 g/mol. The van der Waals surface area contributed by atoms with Gasteiger partial charge < -0.3 is 10.6 Å². The van der Waals surface area contributed by atoms with Crippen LogP contribution in [0.1, 0.15) is 12.5 Å². The van der Waals surface area contributed by atoms with Crippen LogP contribution in [0.2, 0.25) is 0 Å². The molecule has 0 radical (unpaired) electrons. The largest absolute Gasteiger partial charge is 0.352 e. The van der Waals surface area contributed by atoms with Gasteiger partial charge in [0.15, 0.2) is 0 Å². The zero-order valence-corrected chi connectivity index (χ0v) is 10.0. The molecule has 4 heteroatoms. The first-order chi connectivity index (χ1) is 6.48. The zero-order valence-electron chi connectivity index (χ0n) is 8.42. The number of hydrogen-bond donors (Lipinski definition) is 1. The monoisotopic (exact) mass is 255 g/mol. The van der Waals surface area contributed by atoms with Gasteiger partial charge in [-0.2, -0.15) is 0 Å². The Morgan fingerprint density at radius 1 is 1.57 bits per heavy atom. The van der Waals surface area contributed by atoms with Crippen molar-refractivity contribution in [3.63, 3.8) is 0 Å². The fraction of sp³-hybridized carbons (Fsp3) is 0.500. The van der Waals surface area contributed by atoms with Gasteiger partial charge >= 0.3 is 0 Å². The Morgan fingerprint density at radius 3 is 2.71 bits per heavy atom. The summed E-state index contributed by atoms with van der Waals surface area (Å²) in [5.41, 5.74) is 7.06. The minimum Gasteiger partial charge on any atom is -0.352 e. The standard InChI is InChI=1S/C10H14BrN3/c1-7-3-8(11)9(13-4-7)14-5-10(2,12)6-14/h3-4H,5-6,12H2,1-2H3. The van der Waals surface area contributed by atoms with Crippen molar-refractivity contribution in [1.29, 1.82) is 0 Å². The molecular formula is C10H14BrN3. The summed E-state index contributed by atoms with van der Waals surface area (Å²) in [6.07, 6.45) is 1.88. The summed E-state index contributed by atoms with van der Waals surface area (Å²) in [4.78, 5) is 6.57. The number of nitrogens with two attached hydrogens (primary N) is 1. The number of aromatic nitrogens is 1. The maximum atomic E-state index is 5.94. The minimum atomic E-state index is -0.0496. The van der Waals surface area contributed by atoms with Crippen LogP contribution in [0, 0.1) is 6.92 Å². The molecule has 14 heavy (non-hydrogen) atoms. The van der Waals surface area contributed by atoms with Crippen LogP contribution in [0.25, 0.3) is 0 Å². The number of nitrogens with zero attached hydrogens (tertiary/aromatic N) is 2. The quantitative estimate of drug-likeness (QED) is 0.831. The highest BCUT2D eigenvalue weighted by Crippen LogP contribution is 2.30. The third-order valence-electron chi connectivity index (χ3n) is 2.36. The van der Waals surface area contributed by atoms with E-state index >= 15 is 0 Å². The second-order valence-corrected chi connectivity index (χ2v) is 5.18. The molecule has 1 saturated heterocycles. The number of pyridine rings is 1. The lowest BCUT2D eigenvalue weighted by atomic mass is 9.94. The highest BCUT2D eigenvalue weighted by molar-refractivity contribution is 9.10. The minimum absolute atomic E-state index is 0.0496. The fourth-order valence-corrected chi connectivity index (χ4v) is 2.45. The Labute approximate surface area is 92.4 Å². The second-order valence-electron chi connectivity index (χ2n) is 4.33. The molecule has 0 atom stereocenters. The molecule has 0 bridgehead atoms. The van der Waals surface area contributed by atoms with Crippen LogP contribution in [0.3, 0.4) is 0 Å². The van der Waals surface area contributed by atoms with Crippen LogP contribution >= 0.6 is 15.9 Å². The van der Waals surface area contributed by atoms with Gasteiger partial charge in [0.1, 0.15) is 5.82 Å². The van der Waals surface area contributed by atoms with Gasteiger partial charge in [-0.1, -0.05) is 0 Å². The first kappa shape index (κ1) is 9.93. The van der Waals surface area contributed by atoms with Gasteiger partial charge in [0.05, 0.1) is 4.47 Å². The van der Waals surface area contributed by atoms with E-state index in [-0.39, 0.29) is 5.54 Å². The number of aryl methyl sites for hydroxylation is 1. The van der Waals surface area contributed by atoms with Crippen LogP contribution in [-0.2, 0) is 0 Å². The van der Waals surface area contributed by atoms with E-state index in [0.29, 0.717) is 0 Å². The Balaban J connectivity index is 2.19. The van der Waals surface area contributed by atoms with Crippen LogP contribution in [-0.4, -0.2) is 23.6 Å². The van der Waals surface area contributed by atoms with Crippen LogP contribution < -0.4 is 10.6 Å². The van der Waals surface area contributed by atoms with Gasteiger partial charge in [-0.15, -0.1) is 0 Å². The van der Waals surface area contributed by atoms with Crippen molar-refractivity contribution in [2.24, 2.45) is 5.73 Å². The Kier molecular flexibility index (Phi) is 2.27. The van der Waals surface area contributed by atoms with Gasteiger partial charge in [0.2, 0.25) is 0 Å². The van der Waals surface area contributed by atoms with E-state index in [1.54, 1.807) is 0 Å². The highest BCUT2D eigenvalue weighted by Gasteiger charge is 2.36. The summed E-state index contributed by atoms with van der Waals surface area (Å²) in [5, 5.41) is 0. The molecule has 1 fully saturated rings. The van der Waals surface area contributed by atoms with E-state index < -0.39 is 0 Å². The van der Waals surface area contributed by atoms with Crippen LogP contribution in [0.4, 0.5) is 5.82 Å². The lowest BCUT2D eigenvalue weighted by Gasteiger charge is -2.46. The number of rotatable bonds is 1. The number of hydrogen-bond acceptors (Lipinski definition) is 3. The smallest absolute Gasteiger partial charge is 0.143 e. The highest BCUT2D eigenvalue weighted by atomic mass is 79.9. The van der Waals surface area contributed by atoms with E-state index in [0.717, 1.165) is 28.9 Å². The number of halogens is 1. The average Bonchev–Trinajstić information content (AvgIpc) is 2.00. The zero-order chi connectivity index (χ0) is 10.3. The molecule has 0 aliphatic carbocycles. The SMILES string of the molecule is Cc1cnc(N2CC(C)(N)C2)c(Br)c1. The van der Waals surface area contributed by atoms with Crippen molar-refractivity contribution in [1.82, 2.24) is 4.98 Å². The van der Waals surface area contributed by atoms with E-state index in [1.807, 2.05) is 13.1 Å². The summed E-state index contributed by atoms with van der Waals surface area (Å²) in [7, 11) is 0. The summed E-state index contributed by atoms with van der Waals surface area (Å²) in [6, 6.07) is 2.08. The summed E-state index contributed by atoms with van der Waals surface area (Å²) in [5.74, 6) is 0.999. The van der Waals surface area contributed by atoms with Crippen LogP contribution in [0.5, 0.6) is 0 Å². The predicted octanol–water partition coefficient (Wildman–Crippen LogP) is 1.69. The number of anilines is 1. The Bertz CT molecular complexity index is 354. The van der Waals surface area contributed by atoms with Gasteiger partial charge in [-0.3, -0.25) is 0 Å². The third kappa shape index (κ3) is 1.77. The van der Waals surface area contributed by atoms with Crippen molar-refractivity contribution >= 4 is 21.7 Å². The molecule has 0 saturated carbocycles. The molecule has 3 nitrogen and oxygen atoms in total. The molecule has 1 aromatic rings. The maximum Gasteiger partial charge on any atom is 0.143 e. The third-order valence-corrected chi connectivity index (χ3v) is 2.95. The lowest BCUT2D eigenvalue weighted by Crippen LogP contribution is -2.65. The molecule has 0 amide bonds. The fourth-order valence-electron chi connectivity index (χ4n) is 1.73. The van der Waals surface area contributed by atoms with Gasteiger partial charge in [0, 0.05) is 24.8 Å². The van der Waals surface area contributed by atoms with Gasteiger partial charge in [-0.05, 0) is 41.4 Å². The van der Waals surface area contributed by atoms with Crippen molar-refractivity contribution in [3.8, 4) is 0 Å². The molecule has 2 N–H and O–H groups in total. The normalized spacial score (nSPS) is 19.3. The van der Waals surface area contributed by atoms with Crippen molar-refractivity contribution in [3.05, 3.63) is 22.3 Å². The second kappa shape index (κ2) is 3.21. The van der Waals surface area contributed by atoms with E-state index in [9.17, 15) is 0 Å². The molecule has 2 heterocycles. The topological polar surface area (TPSA) is 42.2 Å². The molecule has 0 unspecified atom stereocenters. The first-order valence-corrected chi connectivity index (χ1v) is 5.43. The molecule has 1 aliphatic rings. The van der Waals surface area contributed by atoms with Crippen molar-refractivity contribution in [2.75, 3.05) is 18.0 Å². The summed E-state index contributed by atoms with van der Waals surface area (Å²) < 4.78 is 1.05. The molecule has 2 rings (SSSR count). The summed E-state index contributed by atoms with van der Waals surface area (Å²) >= 11 is 3.51. The molecule has 1 aliphatic heterocycles. The summed E-state index contributed by atoms with van der Waals surface area (Å²) in [6.45, 7) is 5.85. The molecule has 76 valence electrons. The van der Waals surface area contributed by atoms with Crippen LogP contribution in [0.15, 0.2) is 16.7 Å². The molecule has 1 aromatic heterocycles. The average molecular weight is 256 g/mol. The van der Waals surface area contributed by atoms with E-state index in [4.69, 9.17) is 5.73 Å². The molecule has 0 aromatic carbocycles. The van der Waals surface area contributed by atoms with Crippen molar-refractivity contribution in [2.45, 2.75) is 19.4 Å². The Hall–Kier alpha value is -0.610. The first-order valence-electron chi connectivity index (χ1n) is 4.64. The van der Waals surface area contributed by atoms with Crippen molar-refractivity contribution < 1.29 is 0 Å². The van der Waals surface area contributed by atoms with Gasteiger partial charge in [-0.25, -0.2) is 4.98 Å².